The fraction of sp³-hybridized carbons (Fsp3) is 0.909. The molecule has 4 atom stereocenters. The molecule has 2 aliphatic rings. The number of hydrogen-bond acceptors (Lipinski definition) is 1. The van der Waals surface area contributed by atoms with Gasteiger partial charge in [-0.05, 0) is 37.5 Å². The highest BCUT2D eigenvalue weighted by Crippen LogP contribution is 2.45. The first-order valence-electron chi connectivity index (χ1n) is 5.37. The van der Waals surface area contributed by atoms with Gasteiger partial charge in [0.05, 0.1) is 0 Å². The standard InChI is InChI=1S/C11H17BrO/c1-7-5-6-8-10(13)4-2-3-9(12)11(7)8/h7-9,11H,2-6H2,1H3/t7-,8+,9+,11-/m1/s1. The minimum atomic E-state index is 0.391. The molecule has 0 N–H and O–H groups in total. The van der Waals surface area contributed by atoms with E-state index in [2.05, 4.69) is 22.9 Å². The van der Waals surface area contributed by atoms with E-state index in [0.29, 0.717) is 22.4 Å². The number of ketones is 1. The Morgan fingerprint density at radius 2 is 2.08 bits per heavy atom. The van der Waals surface area contributed by atoms with Crippen molar-refractivity contribution in [1.29, 1.82) is 0 Å². The average Bonchev–Trinajstić information content (AvgIpc) is 2.40. The van der Waals surface area contributed by atoms with Crippen LogP contribution in [0.4, 0.5) is 0 Å². The van der Waals surface area contributed by atoms with Gasteiger partial charge in [0.15, 0.2) is 0 Å². The molecule has 0 amide bonds. The average molecular weight is 245 g/mol. The van der Waals surface area contributed by atoms with Gasteiger partial charge in [0, 0.05) is 17.2 Å². The van der Waals surface area contributed by atoms with Gasteiger partial charge in [0.1, 0.15) is 5.78 Å². The minimum Gasteiger partial charge on any atom is -0.299 e. The molecule has 74 valence electrons. The molecular formula is C11H17BrO. The van der Waals surface area contributed by atoms with Crippen molar-refractivity contribution in [3.05, 3.63) is 0 Å². The number of halogens is 1. The number of carbonyl (C=O) groups excluding carboxylic acids is 1. The Morgan fingerprint density at radius 3 is 2.85 bits per heavy atom. The summed E-state index contributed by atoms with van der Waals surface area (Å²) in [5.74, 6) is 2.31. The first-order valence-corrected chi connectivity index (χ1v) is 6.28. The Bertz CT molecular complexity index is 214. The van der Waals surface area contributed by atoms with E-state index in [1.807, 2.05) is 0 Å². The second-order valence-corrected chi connectivity index (χ2v) is 5.79. The fourth-order valence-electron chi connectivity index (χ4n) is 3.06. The molecule has 2 aliphatic carbocycles. The topological polar surface area (TPSA) is 17.1 Å². The number of fused-ring (bicyclic) bond motifs is 1. The van der Waals surface area contributed by atoms with Gasteiger partial charge < -0.3 is 0 Å². The van der Waals surface area contributed by atoms with Crippen LogP contribution in [0.5, 0.6) is 0 Å². The first kappa shape index (κ1) is 9.70. The van der Waals surface area contributed by atoms with Crippen molar-refractivity contribution < 1.29 is 4.79 Å². The monoisotopic (exact) mass is 244 g/mol. The molecule has 0 aliphatic heterocycles. The highest BCUT2D eigenvalue weighted by atomic mass is 79.9. The number of Topliss-reactive ketones (excluding diaryl/α,β-unsaturated/α-hetero) is 1. The fourth-order valence-corrected chi connectivity index (χ4v) is 4.27. The molecule has 2 fully saturated rings. The maximum absolute atomic E-state index is 11.8. The molecule has 0 spiro atoms. The third kappa shape index (κ3) is 1.70. The third-order valence-corrected chi connectivity index (χ3v) is 4.86. The van der Waals surface area contributed by atoms with Gasteiger partial charge in [-0.25, -0.2) is 0 Å². The third-order valence-electron chi connectivity index (χ3n) is 3.79. The number of rotatable bonds is 0. The normalized spacial score (nSPS) is 45.8. The van der Waals surface area contributed by atoms with E-state index in [0.717, 1.165) is 25.2 Å². The van der Waals surface area contributed by atoms with Crippen LogP contribution in [-0.2, 0) is 4.79 Å². The molecular weight excluding hydrogens is 228 g/mol. The van der Waals surface area contributed by atoms with E-state index in [9.17, 15) is 4.79 Å². The van der Waals surface area contributed by atoms with Crippen LogP contribution in [0.25, 0.3) is 0 Å². The van der Waals surface area contributed by atoms with Crippen molar-refractivity contribution in [2.75, 3.05) is 0 Å². The van der Waals surface area contributed by atoms with Gasteiger partial charge in [-0.15, -0.1) is 0 Å². The van der Waals surface area contributed by atoms with E-state index in [1.54, 1.807) is 0 Å². The Morgan fingerprint density at radius 1 is 1.31 bits per heavy atom. The van der Waals surface area contributed by atoms with Crippen molar-refractivity contribution >= 4 is 21.7 Å². The number of alkyl halides is 1. The van der Waals surface area contributed by atoms with E-state index >= 15 is 0 Å². The highest BCUT2D eigenvalue weighted by Gasteiger charge is 2.42. The lowest BCUT2D eigenvalue weighted by Gasteiger charge is -2.23. The summed E-state index contributed by atoms with van der Waals surface area (Å²) in [7, 11) is 0. The molecule has 2 saturated carbocycles. The van der Waals surface area contributed by atoms with Gasteiger partial charge >= 0.3 is 0 Å². The Hall–Kier alpha value is 0.150. The van der Waals surface area contributed by atoms with Gasteiger partial charge in [-0.2, -0.15) is 0 Å². The predicted molar refractivity (Wildman–Crippen MR) is 57.0 cm³/mol. The van der Waals surface area contributed by atoms with Crippen LogP contribution in [0.2, 0.25) is 0 Å². The minimum absolute atomic E-state index is 0.391. The smallest absolute Gasteiger partial charge is 0.136 e. The van der Waals surface area contributed by atoms with E-state index in [-0.39, 0.29) is 0 Å². The summed E-state index contributed by atoms with van der Waals surface area (Å²) in [6.45, 7) is 2.30. The molecule has 2 rings (SSSR count). The number of hydrogen-bond donors (Lipinski definition) is 0. The van der Waals surface area contributed by atoms with Crippen molar-refractivity contribution in [3.63, 3.8) is 0 Å². The van der Waals surface area contributed by atoms with E-state index in [4.69, 9.17) is 0 Å². The maximum Gasteiger partial charge on any atom is 0.136 e. The molecule has 1 nitrogen and oxygen atoms in total. The van der Waals surface area contributed by atoms with Crippen LogP contribution < -0.4 is 0 Å². The Kier molecular flexibility index (Phi) is 2.77. The molecule has 0 radical (unpaired) electrons. The molecule has 0 aromatic heterocycles. The van der Waals surface area contributed by atoms with Crippen molar-refractivity contribution in [2.24, 2.45) is 17.8 Å². The molecule has 0 saturated heterocycles. The van der Waals surface area contributed by atoms with Crippen LogP contribution in [0.15, 0.2) is 0 Å². The maximum atomic E-state index is 11.8. The summed E-state index contributed by atoms with van der Waals surface area (Å²) >= 11 is 3.76. The summed E-state index contributed by atoms with van der Waals surface area (Å²) in [5, 5.41) is 0. The lowest BCUT2D eigenvalue weighted by molar-refractivity contribution is -0.123. The zero-order chi connectivity index (χ0) is 9.42. The quantitative estimate of drug-likeness (QED) is 0.599. The zero-order valence-electron chi connectivity index (χ0n) is 8.13. The lowest BCUT2D eigenvalue weighted by atomic mass is 9.86. The molecule has 0 unspecified atom stereocenters. The molecule has 0 bridgehead atoms. The SMILES string of the molecule is C[C@@H]1CC[C@H]2C(=O)CCC[C@H](Br)[C@H]12. The summed E-state index contributed by atoms with van der Waals surface area (Å²) in [6.07, 6.45) is 5.51. The van der Waals surface area contributed by atoms with Gasteiger partial charge in [0.2, 0.25) is 0 Å². The second-order valence-electron chi connectivity index (χ2n) is 4.61. The van der Waals surface area contributed by atoms with Gasteiger partial charge in [-0.3, -0.25) is 4.79 Å². The molecule has 13 heavy (non-hydrogen) atoms. The summed E-state index contributed by atoms with van der Waals surface area (Å²) in [4.78, 5) is 12.4. The summed E-state index contributed by atoms with van der Waals surface area (Å²) in [6, 6.07) is 0. The zero-order valence-corrected chi connectivity index (χ0v) is 9.72. The number of carbonyl (C=O) groups is 1. The predicted octanol–water partition coefficient (Wildman–Crippen LogP) is 3.17. The largest absolute Gasteiger partial charge is 0.299 e. The van der Waals surface area contributed by atoms with Gasteiger partial charge in [0.25, 0.3) is 0 Å². The molecule has 0 heterocycles. The van der Waals surface area contributed by atoms with Crippen LogP contribution in [-0.4, -0.2) is 10.6 Å². The van der Waals surface area contributed by atoms with Crippen LogP contribution in [0.3, 0.4) is 0 Å². The molecule has 2 heteroatoms. The molecule has 0 aromatic carbocycles. The van der Waals surface area contributed by atoms with E-state index in [1.165, 1.54) is 12.8 Å². The second kappa shape index (κ2) is 3.72. The van der Waals surface area contributed by atoms with Crippen LogP contribution in [0, 0.1) is 17.8 Å². The van der Waals surface area contributed by atoms with E-state index < -0.39 is 0 Å². The highest BCUT2D eigenvalue weighted by molar-refractivity contribution is 9.09. The lowest BCUT2D eigenvalue weighted by Crippen LogP contribution is -2.25. The first-order chi connectivity index (χ1) is 6.20. The Balaban J connectivity index is 2.20. The van der Waals surface area contributed by atoms with Crippen molar-refractivity contribution in [2.45, 2.75) is 43.9 Å². The molecule has 0 aromatic rings. The van der Waals surface area contributed by atoms with Gasteiger partial charge in [-0.1, -0.05) is 22.9 Å². The Labute approximate surface area is 88.4 Å². The van der Waals surface area contributed by atoms with Crippen molar-refractivity contribution in [1.82, 2.24) is 0 Å². The van der Waals surface area contributed by atoms with Crippen LogP contribution >= 0.6 is 15.9 Å². The summed E-state index contributed by atoms with van der Waals surface area (Å²) in [5.41, 5.74) is 0. The summed E-state index contributed by atoms with van der Waals surface area (Å²) < 4.78 is 0. The van der Waals surface area contributed by atoms with Crippen molar-refractivity contribution in [3.8, 4) is 0 Å². The van der Waals surface area contributed by atoms with Crippen LogP contribution in [0.1, 0.15) is 39.0 Å².